The van der Waals surface area contributed by atoms with Crippen molar-refractivity contribution < 1.29 is 38.4 Å². The molecule has 1 heterocycles. The van der Waals surface area contributed by atoms with Gasteiger partial charge in [-0.15, -0.1) is 0 Å². The third-order valence-corrected chi connectivity index (χ3v) is 2.56. The molecular weight excluding hydrogens is 356 g/mol. The fourth-order valence-electron chi connectivity index (χ4n) is 1.04. The van der Waals surface area contributed by atoms with E-state index >= 15 is 0 Å². The highest BCUT2D eigenvalue weighted by molar-refractivity contribution is 5.86. The molecule has 1 saturated heterocycles. The van der Waals surface area contributed by atoms with E-state index in [1.54, 1.807) is 6.92 Å². The van der Waals surface area contributed by atoms with Crippen LogP contribution in [0.2, 0.25) is 0 Å². The summed E-state index contributed by atoms with van der Waals surface area (Å²) in [7, 11) is 0. The molecule has 1 fully saturated rings. The monoisotopic (exact) mass is 386 g/mol. The lowest BCUT2D eigenvalue weighted by molar-refractivity contribution is -0.140. The Morgan fingerprint density at radius 1 is 1.11 bits per heavy atom. The molecule has 0 saturated carbocycles. The van der Waals surface area contributed by atoms with Gasteiger partial charge in [-0.25, -0.2) is 14.4 Å². The second-order valence-electron chi connectivity index (χ2n) is 5.15. The van der Waals surface area contributed by atoms with E-state index in [-0.39, 0.29) is 31.3 Å². The first-order valence-electron chi connectivity index (χ1n) is 8.45. The van der Waals surface area contributed by atoms with Crippen LogP contribution in [0.5, 0.6) is 0 Å². The molecule has 154 valence electrons. The largest absolute Gasteiger partial charge is 0.463 e. The number of aliphatic hydroxyl groups is 1. The van der Waals surface area contributed by atoms with Gasteiger partial charge >= 0.3 is 17.9 Å². The fourth-order valence-corrected chi connectivity index (χ4v) is 1.04. The fraction of sp³-hybridized carbons (Fsp3) is 0.526. The molecule has 0 bridgehead atoms. The van der Waals surface area contributed by atoms with Gasteiger partial charge in [-0.05, 0) is 13.3 Å². The van der Waals surface area contributed by atoms with Gasteiger partial charge in [-0.2, -0.15) is 0 Å². The molecule has 1 atom stereocenters. The maximum Gasteiger partial charge on any atom is 0.333 e. The lowest BCUT2D eigenvalue weighted by Gasteiger charge is -1.99. The van der Waals surface area contributed by atoms with Crippen molar-refractivity contribution >= 4 is 17.9 Å². The van der Waals surface area contributed by atoms with Crippen LogP contribution in [0.3, 0.4) is 0 Å². The zero-order chi connectivity index (χ0) is 21.1. The van der Waals surface area contributed by atoms with E-state index in [4.69, 9.17) is 14.6 Å². The number of hydrogen-bond donors (Lipinski definition) is 1. The highest BCUT2D eigenvalue weighted by atomic mass is 16.6. The summed E-state index contributed by atoms with van der Waals surface area (Å²) in [6.45, 7) is 15.0. The molecule has 0 aromatic rings. The van der Waals surface area contributed by atoms with Crippen molar-refractivity contribution in [2.45, 2.75) is 32.8 Å². The van der Waals surface area contributed by atoms with Crippen LogP contribution in [0.25, 0.3) is 0 Å². The van der Waals surface area contributed by atoms with E-state index in [0.717, 1.165) is 18.9 Å². The molecule has 0 amide bonds. The highest BCUT2D eigenvalue weighted by Crippen LogP contribution is 2.09. The average molecular weight is 386 g/mol. The standard InChI is InChI=1S/C7H10O3.C7H12O2.C5H8O3/c1-5(2)7(8)10-4-6-3-9-6;1-3-5-6-9-7(8)4-2;1-2-5(7)8-4-3-6/h6H,1,3-4H2,2H3;4H,2-3,5-6H2,1H3;2,6H,1,3-4H2. The van der Waals surface area contributed by atoms with E-state index in [9.17, 15) is 14.4 Å². The number of hydrogen-bond acceptors (Lipinski definition) is 8. The van der Waals surface area contributed by atoms with Gasteiger partial charge in [-0.1, -0.05) is 33.1 Å². The summed E-state index contributed by atoms with van der Waals surface area (Å²) in [5.74, 6) is -1.17. The number of esters is 3. The van der Waals surface area contributed by atoms with E-state index in [2.05, 4.69) is 29.2 Å². The molecule has 27 heavy (non-hydrogen) atoms. The first-order chi connectivity index (χ1) is 12.8. The van der Waals surface area contributed by atoms with Gasteiger partial charge < -0.3 is 24.1 Å². The third kappa shape index (κ3) is 21.5. The quantitative estimate of drug-likeness (QED) is 0.199. The highest BCUT2D eigenvalue weighted by Gasteiger charge is 2.24. The van der Waals surface area contributed by atoms with Crippen LogP contribution >= 0.6 is 0 Å². The zero-order valence-electron chi connectivity index (χ0n) is 16.1. The molecule has 0 aromatic heterocycles. The number of carbonyl (C=O) groups is 3. The number of aliphatic hydroxyl groups excluding tert-OH is 1. The smallest absolute Gasteiger partial charge is 0.333 e. The Balaban J connectivity index is 0. The van der Waals surface area contributed by atoms with Gasteiger partial charge in [-0.3, -0.25) is 0 Å². The Bertz CT molecular complexity index is 480. The predicted molar refractivity (Wildman–Crippen MR) is 99.8 cm³/mol. The average Bonchev–Trinajstić information content (AvgIpc) is 3.49. The number of carbonyl (C=O) groups excluding carboxylic acids is 3. The van der Waals surface area contributed by atoms with Crippen LogP contribution in [0.4, 0.5) is 0 Å². The Morgan fingerprint density at radius 2 is 1.63 bits per heavy atom. The van der Waals surface area contributed by atoms with Crippen molar-refractivity contribution in [2.24, 2.45) is 0 Å². The van der Waals surface area contributed by atoms with Gasteiger partial charge in [0.25, 0.3) is 0 Å². The minimum absolute atomic E-state index is 0.0465. The number of ether oxygens (including phenoxy) is 4. The summed E-state index contributed by atoms with van der Waals surface area (Å²) in [6, 6.07) is 0. The van der Waals surface area contributed by atoms with Crippen LogP contribution in [0.15, 0.2) is 37.5 Å². The van der Waals surface area contributed by atoms with Gasteiger partial charge in [0.2, 0.25) is 0 Å². The molecule has 8 nitrogen and oxygen atoms in total. The Morgan fingerprint density at radius 3 is 2.00 bits per heavy atom. The summed E-state index contributed by atoms with van der Waals surface area (Å²) in [5.41, 5.74) is 0.431. The van der Waals surface area contributed by atoms with Gasteiger partial charge in [0.15, 0.2) is 0 Å². The Hall–Kier alpha value is -2.45. The second-order valence-corrected chi connectivity index (χ2v) is 5.15. The van der Waals surface area contributed by atoms with E-state index in [0.29, 0.717) is 25.4 Å². The molecule has 1 aliphatic heterocycles. The maximum absolute atomic E-state index is 10.7. The van der Waals surface area contributed by atoms with E-state index in [1.165, 1.54) is 6.08 Å². The summed E-state index contributed by atoms with van der Waals surface area (Å²) >= 11 is 0. The van der Waals surface area contributed by atoms with Gasteiger partial charge in [0, 0.05) is 17.7 Å². The van der Waals surface area contributed by atoms with E-state index < -0.39 is 5.97 Å². The zero-order valence-corrected chi connectivity index (χ0v) is 16.1. The molecule has 0 aromatic carbocycles. The first-order valence-corrected chi connectivity index (χ1v) is 8.45. The molecule has 8 heteroatoms. The van der Waals surface area contributed by atoms with Crippen molar-refractivity contribution in [1.29, 1.82) is 0 Å². The minimum Gasteiger partial charge on any atom is -0.463 e. The topological polar surface area (TPSA) is 112 Å². The first kappa shape index (κ1) is 26.8. The van der Waals surface area contributed by atoms with Crippen molar-refractivity contribution in [3.05, 3.63) is 37.5 Å². The van der Waals surface area contributed by atoms with Crippen LogP contribution in [0, 0.1) is 0 Å². The van der Waals surface area contributed by atoms with Crippen LogP contribution in [0.1, 0.15) is 26.7 Å². The molecule has 1 aliphatic rings. The molecule has 0 spiro atoms. The van der Waals surface area contributed by atoms with Crippen LogP contribution < -0.4 is 0 Å². The lowest BCUT2D eigenvalue weighted by atomic mass is 10.4. The molecule has 1 unspecified atom stereocenters. The molecule has 0 radical (unpaired) electrons. The maximum atomic E-state index is 10.7. The van der Waals surface area contributed by atoms with Gasteiger partial charge in [0.1, 0.15) is 19.3 Å². The Labute approximate surface area is 160 Å². The second kappa shape index (κ2) is 18.3. The SMILES string of the molecule is C=C(C)C(=O)OCC1CO1.C=CC(=O)OCCCC.C=CC(=O)OCCO. The van der Waals surface area contributed by atoms with Crippen LogP contribution in [-0.2, 0) is 33.3 Å². The van der Waals surface area contributed by atoms with Crippen molar-refractivity contribution in [3.63, 3.8) is 0 Å². The third-order valence-electron chi connectivity index (χ3n) is 2.56. The molecule has 0 aliphatic carbocycles. The Kier molecular flexibility index (Phi) is 18.2. The minimum atomic E-state index is -0.501. The lowest BCUT2D eigenvalue weighted by Crippen LogP contribution is -2.09. The predicted octanol–water partition coefficient (Wildman–Crippen LogP) is 1.73. The van der Waals surface area contributed by atoms with Crippen molar-refractivity contribution in [1.82, 2.24) is 0 Å². The van der Waals surface area contributed by atoms with Crippen LogP contribution in [-0.4, -0.2) is 62.2 Å². The van der Waals surface area contributed by atoms with Crippen molar-refractivity contribution in [2.75, 3.05) is 33.0 Å². The van der Waals surface area contributed by atoms with Gasteiger partial charge in [0.05, 0.1) is 19.8 Å². The molecule has 1 N–H and O–H groups in total. The number of epoxide rings is 1. The van der Waals surface area contributed by atoms with E-state index in [1.807, 2.05) is 6.92 Å². The summed E-state index contributed by atoms with van der Waals surface area (Å²) in [5, 5.41) is 8.10. The summed E-state index contributed by atoms with van der Waals surface area (Å²) < 4.78 is 18.6. The molecule has 1 rings (SSSR count). The summed E-state index contributed by atoms with van der Waals surface area (Å²) in [4.78, 5) is 31.2. The summed E-state index contributed by atoms with van der Waals surface area (Å²) in [6.07, 6.45) is 4.35. The normalized spacial score (nSPS) is 13.4. The molecular formula is C19H30O8. The number of unbranched alkanes of at least 4 members (excludes halogenated alkanes) is 1. The number of rotatable bonds is 10. The van der Waals surface area contributed by atoms with Crippen molar-refractivity contribution in [3.8, 4) is 0 Å².